The normalized spacial score (nSPS) is 22.1. The second-order valence-electron chi connectivity index (χ2n) is 7.15. The fourth-order valence-corrected chi connectivity index (χ4v) is 4.13. The molecular weight excluding hydrogens is 437 g/mol. The summed E-state index contributed by atoms with van der Waals surface area (Å²) in [4.78, 5) is 22.1. The molecule has 2 heterocycles. The predicted molar refractivity (Wildman–Crippen MR) is 114 cm³/mol. The molecule has 0 unspecified atom stereocenters. The van der Waals surface area contributed by atoms with Crippen LogP contribution in [0, 0.1) is 9.49 Å². The number of anilines is 1. The Morgan fingerprint density at radius 3 is 2.69 bits per heavy atom. The SMILES string of the molecule is C[C@H]1CCCN(CN2C(=O)C(=Nc3ccc(I)cc3)c3ccccc32)C1. The topological polar surface area (TPSA) is 35.9 Å². The molecule has 2 aromatic carbocycles. The van der Waals surface area contributed by atoms with Crippen LogP contribution in [0.3, 0.4) is 0 Å². The number of hydrogen-bond acceptors (Lipinski definition) is 3. The van der Waals surface area contributed by atoms with Crippen LogP contribution in [0.25, 0.3) is 0 Å². The Hall–Kier alpha value is -1.73. The number of halogens is 1. The molecule has 0 N–H and O–H groups in total. The molecule has 0 aromatic heterocycles. The molecule has 1 saturated heterocycles. The minimum Gasteiger partial charge on any atom is -0.293 e. The van der Waals surface area contributed by atoms with Gasteiger partial charge in [-0.2, -0.15) is 0 Å². The number of nitrogens with zero attached hydrogens (tertiary/aromatic N) is 3. The molecule has 0 spiro atoms. The van der Waals surface area contributed by atoms with E-state index in [2.05, 4.69) is 39.4 Å². The summed E-state index contributed by atoms with van der Waals surface area (Å²) in [7, 11) is 0. The summed E-state index contributed by atoms with van der Waals surface area (Å²) < 4.78 is 1.16. The number of piperidine rings is 1. The summed E-state index contributed by atoms with van der Waals surface area (Å²) in [5.74, 6) is 0.694. The summed E-state index contributed by atoms with van der Waals surface area (Å²) >= 11 is 2.27. The number of hydrogen-bond donors (Lipinski definition) is 0. The first-order chi connectivity index (χ1) is 12.6. The number of aliphatic imine (C=N–C) groups is 1. The summed E-state index contributed by atoms with van der Waals surface area (Å²) in [6, 6.07) is 15.9. The Morgan fingerprint density at radius 2 is 1.92 bits per heavy atom. The second kappa shape index (κ2) is 7.48. The minimum atomic E-state index is 0.00276. The van der Waals surface area contributed by atoms with Crippen molar-refractivity contribution in [2.75, 3.05) is 24.7 Å². The van der Waals surface area contributed by atoms with Crippen LogP contribution < -0.4 is 4.90 Å². The summed E-state index contributed by atoms with van der Waals surface area (Å²) in [6.45, 7) is 5.04. The highest BCUT2D eigenvalue weighted by Crippen LogP contribution is 2.31. The van der Waals surface area contributed by atoms with Crippen molar-refractivity contribution in [2.24, 2.45) is 10.9 Å². The molecule has 0 aliphatic carbocycles. The highest BCUT2D eigenvalue weighted by molar-refractivity contribution is 14.1. The van der Waals surface area contributed by atoms with Gasteiger partial charge in [0.15, 0.2) is 0 Å². The molecule has 2 aliphatic heterocycles. The monoisotopic (exact) mass is 459 g/mol. The third kappa shape index (κ3) is 3.55. The van der Waals surface area contributed by atoms with Gasteiger partial charge in [-0.1, -0.05) is 25.1 Å². The lowest BCUT2D eigenvalue weighted by atomic mass is 10.0. The van der Waals surface area contributed by atoms with E-state index in [0.717, 1.165) is 33.6 Å². The number of likely N-dealkylation sites (tertiary alicyclic amines) is 1. The lowest BCUT2D eigenvalue weighted by Crippen LogP contribution is -2.45. The van der Waals surface area contributed by atoms with Crippen molar-refractivity contribution in [3.8, 4) is 0 Å². The Labute approximate surface area is 168 Å². The van der Waals surface area contributed by atoms with Gasteiger partial charge in [-0.3, -0.25) is 14.6 Å². The van der Waals surface area contributed by atoms with E-state index in [1.54, 1.807) is 0 Å². The zero-order chi connectivity index (χ0) is 18.1. The molecule has 1 amide bonds. The fraction of sp³-hybridized carbons (Fsp3) is 0.333. The molecular formula is C21H22IN3O. The van der Waals surface area contributed by atoms with Gasteiger partial charge in [-0.25, -0.2) is 4.99 Å². The molecule has 5 heteroatoms. The lowest BCUT2D eigenvalue weighted by Gasteiger charge is -2.33. The van der Waals surface area contributed by atoms with Crippen LogP contribution in [0.4, 0.5) is 11.4 Å². The predicted octanol–water partition coefficient (Wildman–Crippen LogP) is 4.45. The quantitative estimate of drug-likeness (QED) is 0.637. The second-order valence-corrected chi connectivity index (χ2v) is 8.40. The van der Waals surface area contributed by atoms with Crippen LogP contribution >= 0.6 is 22.6 Å². The van der Waals surface area contributed by atoms with E-state index in [1.165, 1.54) is 12.8 Å². The first kappa shape index (κ1) is 17.7. The first-order valence-electron chi connectivity index (χ1n) is 9.10. The molecule has 0 bridgehead atoms. The Kier molecular flexibility index (Phi) is 5.09. The standard InChI is InChI=1S/C21H22IN3O/c1-15-5-4-12-24(13-15)14-25-19-7-3-2-6-18(19)20(21(25)26)23-17-10-8-16(22)9-11-17/h2-3,6-11,15H,4-5,12-14H2,1H3/t15-/m0/s1. The fourth-order valence-electron chi connectivity index (χ4n) is 3.77. The summed E-state index contributed by atoms with van der Waals surface area (Å²) in [5, 5.41) is 0. The van der Waals surface area contributed by atoms with E-state index >= 15 is 0 Å². The van der Waals surface area contributed by atoms with Gasteiger partial charge in [-0.05, 0) is 78.2 Å². The number of fused-ring (bicyclic) bond motifs is 1. The smallest absolute Gasteiger partial charge is 0.278 e. The average molecular weight is 459 g/mol. The summed E-state index contributed by atoms with van der Waals surface area (Å²) in [5.41, 5.74) is 3.27. The van der Waals surface area contributed by atoms with Gasteiger partial charge in [0.1, 0.15) is 5.71 Å². The van der Waals surface area contributed by atoms with Crippen LogP contribution in [0.2, 0.25) is 0 Å². The maximum absolute atomic E-state index is 13.2. The molecule has 2 aromatic rings. The Bertz CT molecular complexity index is 847. The number of carbonyl (C=O) groups is 1. The van der Waals surface area contributed by atoms with Crippen LogP contribution in [-0.2, 0) is 4.79 Å². The van der Waals surface area contributed by atoms with Gasteiger partial charge in [0.25, 0.3) is 5.91 Å². The van der Waals surface area contributed by atoms with Crippen LogP contribution in [0.5, 0.6) is 0 Å². The number of amides is 1. The van der Waals surface area contributed by atoms with E-state index in [1.807, 2.05) is 53.4 Å². The largest absolute Gasteiger partial charge is 0.293 e. The maximum Gasteiger partial charge on any atom is 0.278 e. The van der Waals surface area contributed by atoms with E-state index in [0.29, 0.717) is 18.3 Å². The van der Waals surface area contributed by atoms with Crippen molar-refractivity contribution in [3.05, 3.63) is 57.7 Å². The molecule has 4 rings (SSSR count). The van der Waals surface area contributed by atoms with E-state index in [9.17, 15) is 4.79 Å². The number of benzene rings is 2. The molecule has 2 aliphatic rings. The van der Waals surface area contributed by atoms with Crippen molar-refractivity contribution in [1.82, 2.24) is 4.90 Å². The van der Waals surface area contributed by atoms with Crippen molar-refractivity contribution in [3.63, 3.8) is 0 Å². The van der Waals surface area contributed by atoms with Gasteiger partial charge < -0.3 is 0 Å². The molecule has 26 heavy (non-hydrogen) atoms. The van der Waals surface area contributed by atoms with Crippen molar-refractivity contribution in [2.45, 2.75) is 19.8 Å². The van der Waals surface area contributed by atoms with Crippen molar-refractivity contribution in [1.29, 1.82) is 0 Å². The van der Waals surface area contributed by atoms with Crippen LogP contribution in [0.1, 0.15) is 25.3 Å². The molecule has 0 radical (unpaired) electrons. The lowest BCUT2D eigenvalue weighted by molar-refractivity contribution is -0.112. The Morgan fingerprint density at radius 1 is 1.15 bits per heavy atom. The third-order valence-corrected chi connectivity index (χ3v) is 5.77. The Balaban J connectivity index is 1.65. The minimum absolute atomic E-state index is 0.00276. The van der Waals surface area contributed by atoms with Gasteiger partial charge in [0, 0.05) is 15.7 Å². The van der Waals surface area contributed by atoms with Gasteiger partial charge >= 0.3 is 0 Å². The molecule has 0 saturated carbocycles. The van der Waals surface area contributed by atoms with Crippen molar-refractivity contribution >= 4 is 45.6 Å². The van der Waals surface area contributed by atoms with Gasteiger partial charge in [0.05, 0.1) is 18.0 Å². The highest BCUT2D eigenvalue weighted by atomic mass is 127. The highest BCUT2D eigenvalue weighted by Gasteiger charge is 2.35. The zero-order valence-electron chi connectivity index (χ0n) is 14.9. The van der Waals surface area contributed by atoms with E-state index in [4.69, 9.17) is 0 Å². The number of carbonyl (C=O) groups excluding carboxylic acids is 1. The van der Waals surface area contributed by atoms with Crippen molar-refractivity contribution < 1.29 is 4.79 Å². The van der Waals surface area contributed by atoms with E-state index in [-0.39, 0.29) is 5.91 Å². The average Bonchev–Trinajstić information content (AvgIpc) is 2.90. The number of para-hydroxylation sites is 1. The zero-order valence-corrected chi connectivity index (χ0v) is 17.0. The van der Waals surface area contributed by atoms with Gasteiger partial charge in [-0.15, -0.1) is 0 Å². The first-order valence-corrected chi connectivity index (χ1v) is 10.2. The summed E-state index contributed by atoms with van der Waals surface area (Å²) in [6.07, 6.45) is 2.48. The third-order valence-electron chi connectivity index (χ3n) is 5.05. The molecule has 4 nitrogen and oxygen atoms in total. The van der Waals surface area contributed by atoms with E-state index < -0.39 is 0 Å². The molecule has 1 fully saturated rings. The molecule has 1 atom stereocenters. The van der Waals surface area contributed by atoms with Crippen LogP contribution in [-0.4, -0.2) is 36.3 Å². The molecule has 134 valence electrons. The van der Waals surface area contributed by atoms with Crippen LogP contribution in [0.15, 0.2) is 53.5 Å². The number of rotatable bonds is 3. The maximum atomic E-state index is 13.2. The van der Waals surface area contributed by atoms with Gasteiger partial charge in [0.2, 0.25) is 0 Å².